The summed E-state index contributed by atoms with van der Waals surface area (Å²) in [5, 5.41) is 21.1. The molecule has 0 radical (unpaired) electrons. The Morgan fingerprint density at radius 2 is 1.77 bits per heavy atom. The van der Waals surface area contributed by atoms with Crippen molar-refractivity contribution in [3.8, 4) is 23.0 Å². The summed E-state index contributed by atoms with van der Waals surface area (Å²) in [6.45, 7) is 1.85. The van der Waals surface area contributed by atoms with E-state index in [9.17, 15) is 5.11 Å². The first-order chi connectivity index (χ1) is 12.6. The zero-order chi connectivity index (χ0) is 18.4. The van der Waals surface area contributed by atoms with Crippen molar-refractivity contribution >= 4 is 23.2 Å². The Hall–Kier alpha value is -2.41. The fourth-order valence-corrected chi connectivity index (χ4v) is 2.71. The molecule has 6 nitrogen and oxygen atoms in total. The maximum absolute atomic E-state index is 9.59. The fraction of sp³-hybridized carbons (Fsp3) is 0.167. The molecule has 1 heterocycles. The first kappa shape index (κ1) is 18.4. The van der Waals surface area contributed by atoms with Crippen molar-refractivity contribution in [3.63, 3.8) is 0 Å². The number of aromatic nitrogens is 3. The van der Waals surface area contributed by atoms with E-state index < -0.39 is 0 Å². The first-order valence-corrected chi connectivity index (χ1v) is 8.64. The van der Waals surface area contributed by atoms with Crippen molar-refractivity contribution in [3.05, 3.63) is 64.3 Å². The molecule has 2 aromatic carbocycles. The van der Waals surface area contributed by atoms with E-state index in [1.54, 1.807) is 12.1 Å². The number of halogens is 2. The Kier molecular flexibility index (Phi) is 6.22. The summed E-state index contributed by atoms with van der Waals surface area (Å²) in [5.74, 6) is -0.166. The van der Waals surface area contributed by atoms with Crippen LogP contribution in [0.25, 0.3) is 11.3 Å². The highest BCUT2D eigenvalue weighted by Gasteiger charge is 2.10. The van der Waals surface area contributed by atoms with Gasteiger partial charge in [-0.2, -0.15) is 0 Å². The van der Waals surface area contributed by atoms with E-state index in [0.29, 0.717) is 24.4 Å². The van der Waals surface area contributed by atoms with Gasteiger partial charge in [0, 0.05) is 18.7 Å². The van der Waals surface area contributed by atoms with Crippen LogP contribution in [-0.2, 0) is 6.54 Å². The topological polar surface area (TPSA) is 80.2 Å². The van der Waals surface area contributed by atoms with Gasteiger partial charge in [0.25, 0.3) is 0 Å². The van der Waals surface area contributed by atoms with E-state index in [1.807, 2.05) is 18.2 Å². The predicted octanol–water partition coefficient (Wildman–Crippen LogP) is 3.72. The van der Waals surface area contributed by atoms with Gasteiger partial charge in [0.15, 0.2) is 5.75 Å². The molecular formula is C18H16Cl2N4O2. The van der Waals surface area contributed by atoms with Gasteiger partial charge < -0.3 is 15.2 Å². The number of nitrogens with zero attached hydrogens (tertiary/aromatic N) is 3. The second kappa shape index (κ2) is 8.80. The van der Waals surface area contributed by atoms with Gasteiger partial charge in [0.1, 0.15) is 12.3 Å². The third kappa shape index (κ3) is 4.82. The molecule has 2 N–H and O–H groups in total. The highest BCUT2D eigenvalue weighted by Crippen LogP contribution is 2.35. The van der Waals surface area contributed by atoms with Crippen LogP contribution in [0.5, 0.6) is 11.8 Å². The Balaban J connectivity index is 1.50. The lowest BCUT2D eigenvalue weighted by Gasteiger charge is -2.07. The summed E-state index contributed by atoms with van der Waals surface area (Å²) in [5.41, 5.74) is 2.29. The maximum atomic E-state index is 9.59. The molecule has 134 valence electrons. The quantitative estimate of drug-likeness (QED) is 0.598. The Morgan fingerprint density at radius 3 is 2.42 bits per heavy atom. The van der Waals surface area contributed by atoms with E-state index in [4.69, 9.17) is 27.9 Å². The summed E-state index contributed by atoms with van der Waals surface area (Å²) in [6, 6.07) is 13.4. The van der Waals surface area contributed by atoms with Crippen LogP contribution >= 0.6 is 23.2 Å². The lowest BCUT2D eigenvalue weighted by atomic mass is 10.1. The third-order valence-electron chi connectivity index (χ3n) is 3.54. The van der Waals surface area contributed by atoms with Crippen molar-refractivity contribution in [1.82, 2.24) is 20.5 Å². The molecule has 0 aliphatic carbocycles. The van der Waals surface area contributed by atoms with Crippen molar-refractivity contribution in [2.45, 2.75) is 6.54 Å². The summed E-state index contributed by atoms with van der Waals surface area (Å²) >= 11 is 11.8. The standard InChI is InChI=1S/C18H16Cl2N4O2/c19-14-8-13(9-15(20)17(14)25)16-11-22-18(24-23-16)26-7-6-21-10-12-4-2-1-3-5-12/h1-5,8-9,11,21,25H,6-7,10H2. The SMILES string of the molecule is Oc1c(Cl)cc(-c2cnc(OCCNCc3ccccc3)nn2)cc1Cl. The average molecular weight is 391 g/mol. The Bertz CT molecular complexity index is 838. The molecule has 0 atom stereocenters. The van der Waals surface area contributed by atoms with Gasteiger partial charge in [-0.05, 0) is 17.7 Å². The normalized spacial score (nSPS) is 10.7. The summed E-state index contributed by atoms with van der Waals surface area (Å²) < 4.78 is 5.46. The number of phenolic OH excluding ortho intramolecular Hbond substituents is 1. The van der Waals surface area contributed by atoms with Crippen LogP contribution in [0.3, 0.4) is 0 Å². The molecular weight excluding hydrogens is 375 g/mol. The van der Waals surface area contributed by atoms with Crippen LogP contribution in [0.15, 0.2) is 48.7 Å². The lowest BCUT2D eigenvalue weighted by Crippen LogP contribution is -2.21. The number of aromatic hydroxyl groups is 1. The minimum atomic E-state index is -0.166. The molecule has 26 heavy (non-hydrogen) atoms. The van der Waals surface area contributed by atoms with Gasteiger partial charge >= 0.3 is 6.01 Å². The number of benzene rings is 2. The van der Waals surface area contributed by atoms with Gasteiger partial charge in [-0.25, -0.2) is 4.98 Å². The number of hydrogen-bond donors (Lipinski definition) is 2. The molecule has 0 aliphatic heterocycles. The van der Waals surface area contributed by atoms with Crippen molar-refractivity contribution in [1.29, 1.82) is 0 Å². The zero-order valence-corrected chi connectivity index (χ0v) is 15.2. The molecule has 0 saturated carbocycles. The lowest BCUT2D eigenvalue weighted by molar-refractivity contribution is 0.286. The number of ether oxygens (including phenoxy) is 1. The molecule has 0 bridgehead atoms. The smallest absolute Gasteiger partial charge is 0.335 e. The third-order valence-corrected chi connectivity index (χ3v) is 4.11. The van der Waals surface area contributed by atoms with Gasteiger partial charge in [0.05, 0.1) is 16.2 Å². The van der Waals surface area contributed by atoms with Crippen LogP contribution in [0.1, 0.15) is 5.56 Å². The zero-order valence-electron chi connectivity index (χ0n) is 13.7. The van der Waals surface area contributed by atoms with Crippen LogP contribution in [-0.4, -0.2) is 33.4 Å². The molecule has 3 aromatic rings. The second-order valence-corrected chi connectivity index (χ2v) is 6.24. The van der Waals surface area contributed by atoms with Gasteiger partial charge in [0.2, 0.25) is 0 Å². The molecule has 1 aromatic heterocycles. The minimum Gasteiger partial charge on any atom is -0.505 e. The van der Waals surface area contributed by atoms with Crippen molar-refractivity contribution < 1.29 is 9.84 Å². The molecule has 0 unspecified atom stereocenters. The minimum absolute atomic E-state index is 0.138. The average Bonchev–Trinajstić information content (AvgIpc) is 2.67. The Labute approximate surface area is 160 Å². The van der Waals surface area contributed by atoms with Crippen molar-refractivity contribution in [2.24, 2.45) is 0 Å². The van der Waals surface area contributed by atoms with E-state index in [0.717, 1.165) is 6.54 Å². The molecule has 3 rings (SSSR count). The van der Waals surface area contributed by atoms with Gasteiger partial charge in [-0.15, -0.1) is 5.10 Å². The molecule has 8 heteroatoms. The first-order valence-electron chi connectivity index (χ1n) is 7.89. The molecule has 0 aliphatic rings. The number of hydrogen-bond acceptors (Lipinski definition) is 6. The van der Waals surface area contributed by atoms with E-state index >= 15 is 0 Å². The second-order valence-electron chi connectivity index (χ2n) is 5.43. The number of phenols is 1. The van der Waals surface area contributed by atoms with Gasteiger partial charge in [-0.3, -0.25) is 0 Å². The maximum Gasteiger partial charge on any atom is 0.335 e. The molecule has 0 amide bonds. The van der Waals surface area contributed by atoms with E-state index in [1.165, 1.54) is 11.8 Å². The summed E-state index contributed by atoms with van der Waals surface area (Å²) in [4.78, 5) is 4.12. The molecule has 0 fully saturated rings. The van der Waals surface area contributed by atoms with Gasteiger partial charge in [-0.1, -0.05) is 58.6 Å². The summed E-state index contributed by atoms with van der Waals surface area (Å²) in [6.07, 6.45) is 1.51. The van der Waals surface area contributed by atoms with Crippen LogP contribution < -0.4 is 10.1 Å². The highest BCUT2D eigenvalue weighted by atomic mass is 35.5. The fourth-order valence-electron chi connectivity index (χ4n) is 2.22. The summed E-state index contributed by atoms with van der Waals surface area (Å²) in [7, 11) is 0. The largest absolute Gasteiger partial charge is 0.505 e. The molecule has 0 saturated heterocycles. The monoisotopic (exact) mass is 390 g/mol. The van der Waals surface area contributed by atoms with Crippen LogP contribution in [0, 0.1) is 0 Å². The number of nitrogens with one attached hydrogen (secondary N) is 1. The van der Waals surface area contributed by atoms with E-state index in [2.05, 4.69) is 32.6 Å². The Morgan fingerprint density at radius 1 is 1.04 bits per heavy atom. The highest BCUT2D eigenvalue weighted by molar-refractivity contribution is 6.37. The van der Waals surface area contributed by atoms with Crippen LogP contribution in [0.4, 0.5) is 0 Å². The predicted molar refractivity (Wildman–Crippen MR) is 101 cm³/mol. The van der Waals surface area contributed by atoms with Crippen molar-refractivity contribution in [2.75, 3.05) is 13.2 Å². The van der Waals surface area contributed by atoms with E-state index in [-0.39, 0.29) is 21.8 Å². The molecule has 0 spiro atoms. The van der Waals surface area contributed by atoms with Crippen LogP contribution in [0.2, 0.25) is 10.0 Å². The number of rotatable bonds is 7.